The lowest BCUT2D eigenvalue weighted by Crippen LogP contribution is -2.40. The molecule has 6 amide bonds. The number of pyridine rings is 2. The highest BCUT2D eigenvalue weighted by molar-refractivity contribution is 7.15. The van der Waals surface area contributed by atoms with Crippen LogP contribution in [-0.2, 0) is 37.1 Å². The lowest BCUT2D eigenvalue weighted by atomic mass is 10.0. The molecule has 9 heterocycles. The number of aliphatic hydroxyl groups excluding tert-OH is 1. The summed E-state index contributed by atoms with van der Waals surface area (Å²) in [6.45, 7) is 4.57. The number of aromatic nitrogens is 8. The van der Waals surface area contributed by atoms with Gasteiger partial charge in [0.25, 0.3) is 17.7 Å². The second kappa shape index (κ2) is 30.0. The van der Waals surface area contributed by atoms with Crippen molar-refractivity contribution in [3.8, 4) is 43.4 Å². The molecule has 8 aromatic heterocycles. The predicted octanol–water partition coefficient (Wildman–Crippen LogP) is 8.80. The summed E-state index contributed by atoms with van der Waals surface area (Å²) >= 11 is 6.93. The molecule has 4 atom stereocenters. The number of nitrogens with zero attached hydrogens (tertiary/aromatic N) is 9. The Morgan fingerprint density at radius 1 is 0.699 bits per heavy atom. The average Bonchev–Trinajstić information content (AvgIpc) is 1.70. The smallest absolute Gasteiger partial charge is 0.415 e. The molecule has 0 spiro atoms. The molecule has 27 nitrogen and oxygen atoms in total. The van der Waals surface area contributed by atoms with E-state index in [1.807, 2.05) is 13.8 Å². The van der Waals surface area contributed by atoms with Gasteiger partial charge < -0.3 is 51.4 Å². The number of aliphatic hydroxyl groups is 1. The molecule has 10 rings (SSSR count). The van der Waals surface area contributed by atoms with Crippen LogP contribution in [0.15, 0.2) is 82.3 Å². The van der Waals surface area contributed by atoms with Crippen LogP contribution in [0, 0.1) is 12.8 Å². The number of aromatic carboxylic acids is 1. The van der Waals surface area contributed by atoms with Crippen molar-refractivity contribution in [2.24, 2.45) is 5.92 Å². The van der Waals surface area contributed by atoms with Crippen LogP contribution in [0.1, 0.15) is 142 Å². The first kappa shape index (κ1) is 66.7. The Morgan fingerprint density at radius 3 is 2.16 bits per heavy atom. The zero-order chi connectivity index (χ0) is 66.0. The summed E-state index contributed by atoms with van der Waals surface area (Å²) in [6, 6.07) is 11.9. The predicted molar refractivity (Wildman–Crippen MR) is 347 cm³/mol. The van der Waals surface area contributed by atoms with Crippen molar-refractivity contribution in [2.75, 3.05) is 32.1 Å². The van der Waals surface area contributed by atoms with E-state index in [1.165, 1.54) is 42.5 Å². The summed E-state index contributed by atoms with van der Waals surface area (Å²) in [7, 11) is 2.91. The molecule has 0 saturated heterocycles. The highest BCUT2D eigenvalue weighted by Gasteiger charge is 2.33. The number of benzene rings is 1. The molecule has 0 aliphatic carbocycles. The molecular formula is C60H58N14O13S6. The molecule has 9 aromatic rings. The Morgan fingerprint density at radius 2 is 1.43 bits per heavy atom. The molecule has 0 fully saturated rings. The first-order valence-electron chi connectivity index (χ1n) is 28.5. The number of ether oxygens (including phenoxy) is 2. The van der Waals surface area contributed by atoms with Gasteiger partial charge in [-0.2, -0.15) is 0 Å². The number of carboxylic acid groups (broad SMARTS) is 2. The standard InChI is InChI=1S/C60H58N14O13S6/c1-28(2)44-58-73-47(39(93-58)23-86-5)51(81)63-21-42(76)70-48(49(79)30-11-7-6-8-12-30)57-68-38(26-90-57)55-66-36(24-89-55)46-33(53-67-37(25-88-53)50(80)65-35(19-41(75)61-4)56-72-45(29(3)92-56)52(82)71-44)16-17-34(64-46)54-69-40(27-91-54)74(18-10-9-13-43(77)78)60(85)87-22-32-15-14-31(20-62-32)59(83)84/h6-8,11-12,14-17,20,24-28,35,44,48-49,79H,9-10,13,18-19,21-23H2,1-5H3,(H,61,75)(H,63,81)(H,65,80)(H,70,76)(H,71,82)(H,77,78)(H,83,84)/t35-,44-,48-,49-/m0/s1. The molecule has 33 heteroatoms. The minimum Gasteiger partial charge on any atom is -0.481 e. The number of methoxy groups -OCH3 is 1. The van der Waals surface area contributed by atoms with Gasteiger partial charge >= 0.3 is 18.0 Å². The third-order valence-corrected chi connectivity index (χ3v) is 19.9. The molecule has 10 bridgehead atoms. The quantitative estimate of drug-likeness (QED) is 0.0394. The summed E-state index contributed by atoms with van der Waals surface area (Å²) in [5, 5.41) is 53.4. The van der Waals surface area contributed by atoms with Gasteiger partial charge in [0.15, 0.2) is 0 Å². The lowest BCUT2D eigenvalue weighted by molar-refractivity contribution is -0.137. The highest BCUT2D eigenvalue weighted by atomic mass is 32.1. The van der Waals surface area contributed by atoms with Gasteiger partial charge in [-0.3, -0.25) is 38.7 Å². The van der Waals surface area contributed by atoms with Crippen LogP contribution in [0.3, 0.4) is 0 Å². The Labute approximate surface area is 553 Å². The van der Waals surface area contributed by atoms with Crippen molar-refractivity contribution in [3.63, 3.8) is 0 Å². The summed E-state index contributed by atoms with van der Waals surface area (Å²) in [4.78, 5) is 147. The molecule has 0 saturated carbocycles. The van der Waals surface area contributed by atoms with Gasteiger partial charge in [0.1, 0.15) is 88.8 Å². The van der Waals surface area contributed by atoms with E-state index in [4.69, 9.17) is 44.4 Å². The van der Waals surface area contributed by atoms with E-state index in [0.717, 1.165) is 62.9 Å². The number of aliphatic carboxylic acids is 1. The van der Waals surface area contributed by atoms with Crippen molar-refractivity contribution in [1.82, 2.24) is 66.5 Å². The molecule has 1 aliphatic heterocycles. The number of aryl methyl sites for hydroxylation is 1. The van der Waals surface area contributed by atoms with E-state index in [2.05, 4.69) is 31.6 Å². The third kappa shape index (κ3) is 16.0. The number of amides is 6. The number of hydrogen-bond donors (Lipinski definition) is 8. The monoisotopic (exact) mass is 1370 g/mol. The van der Waals surface area contributed by atoms with E-state index in [0.29, 0.717) is 63.0 Å². The van der Waals surface area contributed by atoms with Crippen LogP contribution in [0.5, 0.6) is 0 Å². The van der Waals surface area contributed by atoms with Crippen molar-refractivity contribution in [1.29, 1.82) is 0 Å². The number of carboxylic acids is 2. The minimum absolute atomic E-state index is 0.0182. The molecule has 0 radical (unpaired) electrons. The summed E-state index contributed by atoms with van der Waals surface area (Å²) < 4.78 is 11.1. The number of unbranched alkanes of at least 4 members (excludes halogenated alkanes) is 1. The van der Waals surface area contributed by atoms with Crippen LogP contribution >= 0.6 is 68.0 Å². The lowest BCUT2D eigenvalue weighted by Gasteiger charge is -2.23. The van der Waals surface area contributed by atoms with Crippen molar-refractivity contribution >= 4 is 121 Å². The van der Waals surface area contributed by atoms with E-state index in [9.17, 15) is 53.7 Å². The van der Waals surface area contributed by atoms with Gasteiger partial charge in [-0.25, -0.2) is 44.5 Å². The Bertz CT molecular complexity index is 4240. The fraction of sp³-hybridized carbons (Fsp3) is 0.300. The molecule has 1 aliphatic rings. The average molecular weight is 1380 g/mol. The molecule has 0 unspecified atom stereocenters. The fourth-order valence-corrected chi connectivity index (χ4v) is 14.9. The summed E-state index contributed by atoms with van der Waals surface area (Å²) in [5.74, 6) is -5.31. The maximum absolute atomic E-state index is 14.4. The van der Waals surface area contributed by atoms with Crippen LogP contribution < -0.4 is 31.5 Å². The van der Waals surface area contributed by atoms with E-state index in [-0.39, 0.29) is 96.2 Å². The highest BCUT2D eigenvalue weighted by Crippen LogP contribution is 2.40. The second-order valence-electron chi connectivity index (χ2n) is 21.0. The number of hydrogen-bond acceptors (Lipinski definition) is 25. The number of nitrogens with one attached hydrogen (secondary N) is 5. The van der Waals surface area contributed by atoms with Crippen molar-refractivity contribution in [2.45, 2.75) is 83.9 Å². The van der Waals surface area contributed by atoms with E-state index >= 15 is 0 Å². The first-order chi connectivity index (χ1) is 44.7. The number of carbonyl (C=O) groups excluding carboxylic acids is 6. The topological polar surface area (TPSA) is 382 Å². The van der Waals surface area contributed by atoms with Crippen LogP contribution in [0.4, 0.5) is 10.6 Å². The molecule has 8 N–H and O–H groups in total. The van der Waals surface area contributed by atoms with E-state index in [1.54, 1.807) is 70.9 Å². The Hall–Kier alpha value is -9.22. The third-order valence-electron chi connectivity index (χ3n) is 14.2. The van der Waals surface area contributed by atoms with Gasteiger partial charge in [0.2, 0.25) is 11.8 Å². The zero-order valence-corrected chi connectivity index (χ0v) is 54.9. The van der Waals surface area contributed by atoms with E-state index < -0.39 is 78.3 Å². The number of rotatable bonds is 17. The Balaban J connectivity index is 1.04. The SMILES string of the molecule is CNC(=O)C[C@@H]1NC(=O)c2csc(n2)-c2ccc(-c3nc(N(CCCCC(=O)O)C(=O)OCc4ccc(C(=O)O)cn4)cs3)nc2-c2csc(n2)-c2csc(n2)[C@H]([C@@H](O)c2ccccc2)NC(=O)CNC(=O)c2nc(sc2COC)[C@H](C(C)C)NC(=O)c2nc1sc2C. The molecule has 1 aromatic carbocycles. The van der Waals surface area contributed by atoms with Gasteiger partial charge in [0.05, 0.1) is 53.5 Å². The molecule has 93 heavy (non-hydrogen) atoms. The maximum Gasteiger partial charge on any atom is 0.415 e. The van der Waals surface area contributed by atoms with Crippen LogP contribution in [0.25, 0.3) is 43.4 Å². The second-order valence-corrected chi connectivity index (χ2v) is 26.9. The zero-order valence-electron chi connectivity index (χ0n) is 50.0. The van der Waals surface area contributed by atoms with Gasteiger partial charge in [-0.05, 0) is 55.5 Å². The number of fused-ring (bicyclic) bond motifs is 14. The first-order valence-corrected chi connectivity index (χ1v) is 33.7. The van der Waals surface area contributed by atoms with Gasteiger partial charge in [-0.15, -0.1) is 68.0 Å². The fourth-order valence-electron chi connectivity index (χ4n) is 9.39. The summed E-state index contributed by atoms with van der Waals surface area (Å²) in [5.41, 5.74) is 2.46. The molecular weight excluding hydrogens is 1320 g/mol. The number of anilines is 1. The maximum atomic E-state index is 14.4. The van der Waals surface area contributed by atoms with Gasteiger partial charge in [0, 0.05) is 65.3 Å². The molecule has 482 valence electrons. The van der Waals surface area contributed by atoms with Crippen molar-refractivity contribution < 1.29 is 63.1 Å². The number of carbonyl (C=O) groups is 8. The minimum atomic E-state index is -1.32. The normalized spacial score (nSPS) is 15.7. The summed E-state index contributed by atoms with van der Waals surface area (Å²) in [6.07, 6.45) is -0.895. The van der Waals surface area contributed by atoms with Crippen LogP contribution in [0.2, 0.25) is 0 Å². The van der Waals surface area contributed by atoms with Gasteiger partial charge in [-0.1, -0.05) is 44.2 Å². The van der Waals surface area contributed by atoms with Crippen LogP contribution in [-0.4, -0.2) is 130 Å². The van der Waals surface area contributed by atoms with Crippen molar-refractivity contribution in [3.05, 3.63) is 141 Å². The number of thiazole rings is 6. The largest absolute Gasteiger partial charge is 0.481 e. The Kier molecular flexibility index (Phi) is 21.5.